The minimum atomic E-state index is 0.117. The van der Waals surface area contributed by atoms with Gasteiger partial charge in [-0.25, -0.2) is 0 Å². The van der Waals surface area contributed by atoms with E-state index in [4.69, 9.17) is 0 Å². The van der Waals surface area contributed by atoms with E-state index in [1.165, 1.54) is 34.0 Å². The molecule has 1 aliphatic carbocycles. The zero-order valence-corrected chi connectivity index (χ0v) is 15.6. The van der Waals surface area contributed by atoms with E-state index in [2.05, 4.69) is 71.6 Å². The van der Waals surface area contributed by atoms with Crippen molar-refractivity contribution in [3.63, 3.8) is 0 Å². The van der Waals surface area contributed by atoms with Crippen LogP contribution in [-0.4, -0.2) is 12.3 Å². The van der Waals surface area contributed by atoms with Gasteiger partial charge in [-0.05, 0) is 53.3 Å². The number of hydrogen-bond donors (Lipinski definition) is 0. The lowest BCUT2D eigenvalue weighted by Gasteiger charge is -2.43. The normalized spacial score (nSPS) is 22.7. The number of carbonyl (C=O) groups is 1. The summed E-state index contributed by atoms with van der Waals surface area (Å²) in [6, 6.07) is 24.2. The summed E-state index contributed by atoms with van der Waals surface area (Å²) in [5, 5.41) is 2.53. The number of hydrogen-bond acceptors (Lipinski definition) is 2. The molecule has 1 heterocycles. The van der Waals surface area contributed by atoms with Gasteiger partial charge >= 0.3 is 0 Å². The van der Waals surface area contributed by atoms with E-state index in [-0.39, 0.29) is 12.0 Å². The SMILES string of the molecule is O=C1CCCC[C@H]1[C@@H]1c2ccccc2CCN1c1ccc2ccccc2c1. The number of carbonyl (C=O) groups excluding carboxylic acids is 1. The molecule has 0 spiro atoms. The summed E-state index contributed by atoms with van der Waals surface area (Å²) in [6.07, 6.45) is 5.03. The predicted molar refractivity (Wildman–Crippen MR) is 111 cm³/mol. The second-order valence-electron chi connectivity index (χ2n) is 7.94. The second-order valence-corrected chi connectivity index (χ2v) is 7.94. The highest BCUT2D eigenvalue weighted by Crippen LogP contribution is 2.43. The van der Waals surface area contributed by atoms with Crippen LogP contribution in [0.2, 0.25) is 0 Å². The van der Waals surface area contributed by atoms with Gasteiger partial charge in [0.2, 0.25) is 0 Å². The molecule has 0 radical (unpaired) electrons. The lowest BCUT2D eigenvalue weighted by molar-refractivity contribution is -0.125. The molecule has 3 aromatic carbocycles. The molecule has 5 rings (SSSR count). The van der Waals surface area contributed by atoms with Gasteiger partial charge in [-0.15, -0.1) is 0 Å². The summed E-state index contributed by atoms with van der Waals surface area (Å²) in [6.45, 7) is 0.976. The fraction of sp³-hybridized carbons (Fsp3) is 0.320. The smallest absolute Gasteiger partial charge is 0.138 e. The first kappa shape index (κ1) is 16.6. The lowest BCUT2D eigenvalue weighted by atomic mass is 9.76. The number of nitrogens with zero attached hydrogens (tertiary/aromatic N) is 1. The van der Waals surface area contributed by atoms with Gasteiger partial charge in [0.1, 0.15) is 5.78 Å². The van der Waals surface area contributed by atoms with E-state index in [0.717, 1.165) is 32.2 Å². The maximum atomic E-state index is 12.9. The van der Waals surface area contributed by atoms with Crippen molar-refractivity contribution in [2.24, 2.45) is 5.92 Å². The Labute approximate surface area is 160 Å². The van der Waals surface area contributed by atoms with Crippen LogP contribution in [0.5, 0.6) is 0 Å². The van der Waals surface area contributed by atoms with Crippen molar-refractivity contribution in [2.75, 3.05) is 11.4 Å². The molecule has 0 bridgehead atoms. The fourth-order valence-corrected chi connectivity index (χ4v) is 5.02. The Kier molecular flexibility index (Phi) is 4.20. The van der Waals surface area contributed by atoms with Gasteiger partial charge in [0, 0.05) is 24.6 Å². The number of Topliss-reactive ketones (excluding diaryl/α,β-unsaturated/α-hetero) is 1. The monoisotopic (exact) mass is 355 g/mol. The van der Waals surface area contributed by atoms with Crippen LogP contribution in [0.25, 0.3) is 10.8 Å². The van der Waals surface area contributed by atoms with Crippen LogP contribution in [-0.2, 0) is 11.2 Å². The van der Waals surface area contributed by atoms with Crippen molar-refractivity contribution in [2.45, 2.75) is 38.1 Å². The van der Waals surface area contributed by atoms with E-state index < -0.39 is 0 Å². The number of ketones is 1. The quantitative estimate of drug-likeness (QED) is 0.587. The minimum Gasteiger partial charge on any atom is -0.363 e. The molecule has 0 amide bonds. The topological polar surface area (TPSA) is 20.3 Å². The van der Waals surface area contributed by atoms with Crippen molar-refractivity contribution in [3.05, 3.63) is 77.9 Å². The zero-order valence-electron chi connectivity index (χ0n) is 15.6. The fourth-order valence-electron chi connectivity index (χ4n) is 5.02. The van der Waals surface area contributed by atoms with Crippen LogP contribution in [0.3, 0.4) is 0 Å². The molecule has 0 saturated heterocycles. The second kappa shape index (κ2) is 6.84. The van der Waals surface area contributed by atoms with Crippen LogP contribution < -0.4 is 4.90 Å². The standard InChI is InChI=1S/C25H25NO/c27-24-12-6-5-11-23(24)25-22-10-4-3-8-19(22)15-16-26(25)21-14-13-18-7-1-2-9-20(18)17-21/h1-4,7-10,13-14,17,23,25H,5-6,11-12,15-16H2/t23-,25+/m1/s1. The molecule has 2 atom stereocenters. The average molecular weight is 355 g/mol. The molecular formula is C25H25NO. The highest BCUT2D eigenvalue weighted by atomic mass is 16.1. The molecule has 0 aromatic heterocycles. The summed E-state index contributed by atoms with van der Waals surface area (Å²) >= 11 is 0. The molecule has 1 aliphatic heterocycles. The third-order valence-electron chi connectivity index (χ3n) is 6.38. The summed E-state index contributed by atoms with van der Waals surface area (Å²) in [5.74, 6) is 0.570. The summed E-state index contributed by atoms with van der Waals surface area (Å²) in [7, 11) is 0. The van der Waals surface area contributed by atoms with Gasteiger partial charge < -0.3 is 4.90 Å². The number of anilines is 1. The van der Waals surface area contributed by atoms with Crippen molar-refractivity contribution >= 4 is 22.2 Å². The molecule has 2 nitrogen and oxygen atoms in total. The maximum absolute atomic E-state index is 12.9. The van der Waals surface area contributed by atoms with Gasteiger partial charge in [-0.2, -0.15) is 0 Å². The summed E-state index contributed by atoms with van der Waals surface area (Å²) in [4.78, 5) is 15.4. The third-order valence-corrected chi connectivity index (χ3v) is 6.38. The van der Waals surface area contributed by atoms with Crippen LogP contribution in [0.1, 0.15) is 42.9 Å². The first-order valence-corrected chi connectivity index (χ1v) is 10.2. The van der Waals surface area contributed by atoms with Crippen molar-refractivity contribution in [3.8, 4) is 0 Å². The highest BCUT2D eigenvalue weighted by molar-refractivity contribution is 5.87. The zero-order chi connectivity index (χ0) is 18.2. The molecule has 1 saturated carbocycles. The molecule has 0 N–H and O–H groups in total. The lowest BCUT2D eigenvalue weighted by Crippen LogP contribution is -2.42. The van der Waals surface area contributed by atoms with Gasteiger partial charge in [0.15, 0.2) is 0 Å². The van der Waals surface area contributed by atoms with Gasteiger partial charge in [-0.1, -0.05) is 61.0 Å². The molecule has 3 aromatic rings. The van der Waals surface area contributed by atoms with E-state index in [0.29, 0.717) is 5.78 Å². The van der Waals surface area contributed by atoms with Gasteiger partial charge in [-0.3, -0.25) is 4.79 Å². The van der Waals surface area contributed by atoms with Crippen molar-refractivity contribution in [1.29, 1.82) is 0 Å². The van der Waals surface area contributed by atoms with Crippen molar-refractivity contribution in [1.82, 2.24) is 0 Å². The van der Waals surface area contributed by atoms with Crippen LogP contribution in [0, 0.1) is 5.92 Å². The van der Waals surface area contributed by atoms with E-state index in [1.54, 1.807) is 0 Å². The van der Waals surface area contributed by atoms with E-state index in [9.17, 15) is 4.79 Å². The van der Waals surface area contributed by atoms with Crippen LogP contribution in [0.4, 0.5) is 5.69 Å². The van der Waals surface area contributed by atoms with Crippen LogP contribution in [0.15, 0.2) is 66.7 Å². The molecule has 0 unspecified atom stereocenters. The van der Waals surface area contributed by atoms with Gasteiger partial charge in [0.25, 0.3) is 0 Å². The molecule has 27 heavy (non-hydrogen) atoms. The maximum Gasteiger partial charge on any atom is 0.138 e. The predicted octanol–water partition coefficient (Wildman–Crippen LogP) is 5.70. The van der Waals surface area contributed by atoms with Gasteiger partial charge in [0.05, 0.1) is 6.04 Å². The van der Waals surface area contributed by atoms with E-state index >= 15 is 0 Å². The Morgan fingerprint density at radius 3 is 2.52 bits per heavy atom. The largest absolute Gasteiger partial charge is 0.363 e. The first-order valence-electron chi connectivity index (χ1n) is 10.2. The molecule has 136 valence electrons. The Morgan fingerprint density at radius 1 is 0.815 bits per heavy atom. The summed E-state index contributed by atoms with van der Waals surface area (Å²) in [5.41, 5.74) is 4.02. The molecule has 2 aliphatic rings. The number of rotatable bonds is 2. The third kappa shape index (κ3) is 2.93. The Hall–Kier alpha value is -2.61. The van der Waals surface area contributed by atoms with Crippen molar-refractivity contribution < 1.29 is 4.79 Å². The Bertz CT molecular complexity index is 992. The first-order chi connectivity index (χ1) is 13.3. The van der Waals surface area contributed by atoms with E-state index in [1.807, 2.05) is 0 Å². The highest BCUT2D eigenvalue weighted by Gasteiger charge is 2.38. The molecule has 2 heteroatoms. The Morgan fingerprint density at radius 2 is 1.63 bits per heavy atom. The molecular weight excluding hydrogens is 330 g/mol. The minimum absolute atomic E-state index is 0.117. The Balaban J connectivity index is 1.61. The molecule has 1 fully saturated rings. The summed E-state index contributed by atoms with van der Waals surface area (Å²) < 4.78 is 0. The number of fused-ring (bicyclic) bond motifs is 2. The average Bonchev–Trinajstić information content (AvgIpc) is 2.73. The number of benzene rings is 3. The van der Waals surface area contributed by atoms with Crippen LogP contribution >= 0.6 is 0 Å².